The van der Waals surface area contributed by atoms with Crippen LogP contribution in [0.2, 0.25) is 0 Å². The van der Waals surface area contributed by atoms with Gasteiger partial charge in [-0.15, -0.1) is 0 Å². The van der Waals surface area contributed by atoms with Gasteiger partial charge in [-0.3, -0.25) is 0 Å². The molecule has 0 aliphatic carbocycles. The van der Waals surface area contributed by atoms with Gasteiger partial charge in [-0.1, -0.05) is 82.9 Å². The number of aromatic nitrogens is 1. The number of hydrogen-bond donors (Lipinski definition) is 1. The van der Waals surface area contributed by atoms with Crippen molar-refractivity contribution in [1.29, 1.82) is 0 Å². The Balaban J connectivity index is 0.00000450. The van der Waals surface area contributed by atoms with Crippen LogP contribution in [0.25, 0.3) is 0 Å². The second kappa shape index (κ2) is 15.5. The lowest BCUT2D eigenvalue weighted by atomic mass is 10.1. The van der Waals surface area contributed by atoms with E-state index in [2.05, 4.69) is 16.2 Å². The van der Waals surface area contributed by atoms with Crippen LogP contribution in [0, 0.1) is 0 Å². The van der Waals surface area contributed by atoms with E-state index in [-0.39, 0.29) is 17.0 Å². The summed E-state index contributed by atoms with van der Waals surface area (Å²) in [7, 11) is -3.42. The molecule has 4 nitrogen and oxygen atoms in total. The molecule has 0 saturated heterocycles. The van der Waals surface area contributed by atoms with Crippen molar-refractivity contribution in [2.75, 3.05) is 6.54 Å². The van der Waals surface area contributed by atoms with Crippen LogP contribution < -0.4 is 26.3 Å². The molecule has 1 aromatic carbocycles. The fraction of sp³-hybridized carbons (Fsp3) is 0.542. The highest BCUT2D eigenvalue weighted by molar-refractivity contribution is 7.89. The first-order valence-electron chi connectivity index (χ1n) is 11.1. The smallest absolute Gasteiger partial charge is 0.240 e. The van der Waals surface area contributed by atoms with E-state index in [4.69, 9.17) is 0 Å². The molecule has 0 aliphatic rings. The maximum absolute atomic E-state index is 12.4. The normalized spacial score (nSPS) is 11.2. The standard InChI is InChI=1S/C24H37N2O2S.BrH/c1-2-3-4-5-6-7-8-9-10-12-19-25-29(27,28)24-17-15-23(16-18-24)22-26-20-13-11-14-21-26;/h11,13-18,20-21,25H,2-10,12,19,22H2,1H3;1H/q+1;/p-1. The Labute approximate surface area is 193 Å². The van der Waals surface area contributed by atoms with Crippen molar-refractivity contribution in [1.82, 2.24) is 4.72 Å². The summed E-state index contributed by atoms with van der Waals surface area (Å²) in [4.78, 5) is 0.339. The van der Waals surface area contributed by atoms with Crippen LogP contribution in [-0.2, 0) is 16.6 Å². The van der Waals surface area contributed by atoms with E-state index in [0.29, 0.717) is 11.4 Å². The predicted molar refractivity (Wildman–Crippen MR) is 119 cm³/mol. The molecule has 168 valence electrons. The molecule has 0 unspecified atom stereocenters. The highest BCUT2D eigenvalue weighted by Crippen LogP contribution is 2.12. The third-order valence-electron chi connectivity index (χ3n) is 5.20. The first-order chi connectivity index (χ1) is 14.1. The molecule has 0 saturated carbocycles. The van der Waals surface area contributed by atoms with Crippen LogP contribution in [0.15, 0.2) is 59.8 Å². The van der Waals surface area contributed by atoms with Gasteiger partial charge in [-0.25, -0.2) is 17.7 Å². The third-order valence-corrected chi connectivity index (χ3v) is 6.68. The van der Waals surface area contributed by atoms with Crippen LogP contribution in [0.4, 0.5) is 0 Å². The number of hydrogen-bond acceptors (Lipinski definition) is 2. The zero-order valence-corrected chi connectivity index (χ0v) is 20.6. The van der Waals surface area contributed by atoms with Crippen LogP contribution in [0.5, 0.6) is 0 Å². The molecule has 2 rings (SSSR count). The van der Waals surface area contributed by atoms with E-state index in [1.807, 2.05) is 42.7 Å². The van der Waals surface area contributed by atoms with Gasteiger partial charge in [0.25, 0.3) is 0 Å². The average molecular weight is 498 g/mol. The molecule has 0 radical (unpaired) electrons. The predicted octanol–water partition coefficient (Wildman–Crippen LogP) is 2.23. The molecule has 30 heavy (non-hydrogen) atoms. The second-order valence-electron chi connectivity index (χ2n) is 7.77. The Morgan fingerprint density at radius 1 is 0.767 bits per heavy atom. The molecule has 0 aliphatic heterocycles. The SMILES string of the molecule is CCCCCCCCCCCCNS(=O)(=O)c1ccc(C[n+]2ccccc2)cc1.[Br-]. The van der Waals surface area contributed by atoms with Crippen molar-refractivity contribution in [2.24, 2.45) is 0 Å². The van der Waals surface area contributed by atoms with Gasteiger partial charge in [-0.2, -0.15) is 0 Å². The highest BCUT2D eigenvalue weighted by Gasteiger charge is 2.13. The minimum absolute atomic E-state index is 0. The fourth-order valence-electron chi connectivity index (χ4n) is 3.43. The molecule has 0 amide bonds. The Bertz CT molecular complexity index is 781. The Morgan fingerprint density at radius 2 is 1.30 bits per heavy atom. The lowest BCUT2D eigenvalue weighted by molar-refractivity contribution is -0.688. The maximum atomic E-state index is 12.4. The van der Waals surface area contributed by atoms with Crippen LogP contribution >= 0.6 is 0 Å². The largest absolute Gasteiger partial charge is 1.00 e. The zero-order chi connectivity index (χ0) is 20.8. The topological polar surface area (TPSA) is 50.1 Å². The number of nitrogens with one attached hydrogen (secondary N) is 1. The summed E-state index contributed by atoms with van der Waals surface area (Å²) in [5, 5.41) is 0. The van der Waals surface area contributed by atoms with Gasteiger partial charge in [0, 0.05) is 24.2 Å². The van der Waals surface area contributed by atoms with Gasteiger partial charge in [-0.05, 0) is 18.6 Å². The number of halogens is 1. The molecular weight excluding hydrogens is 460 g/mol. The molecule has 0 bridgehead atoms. The highest BCUT2D eigenvalue weighted by atomic mass is 79.9. The fourth-order valence-corrected chi connectivity index (χ4v) is 4.50. The molecule has 1 aromatic heterocycles. The van der Waals surface area contributed by atoms with Gasteiger partial charge in [0.1, 0.15) is 0 Å². The lowest BCUT2D eigenvalue weighted by Crippen LogP contribution is -3.00. The quantitative estimate of drug-likeness (QED) is 0.303. The van der Waals surface area contributed by atoms with Crippen LogP contribution in [0.3, 0.4) is 0 Å². The number of unbranched alkanes of at least 4 members (excludes halogenated alkanes) is 9. The molecule has 0 fully saturated rings. The van der Waals surface area contributed by atoms with E-state index in [1.165, 1.54) is 51.4 Å². The summed E-state index contributed by atoms with van der Waals surface area (Å²) < 4.78 is 29.7. The third kappa shape index (κ3) is 10.7. The number of pyridine rings is 1. The van der Waals surface area contributed by atoms with Gasteiger partial charge in [0.15, 0.2) is 18.9 Å². The van der Waals surface area contributed by atoms with Gasteiger partial charge >= 0.3 is 0 Å². The molecule has 1 N–H and O–H groups in total. The summed E-state index contributed by atoms with van der Waals surface area (Å²) in [5.74, 6) is 0. The first kappa shape index (κ1) is 26.8. The molecular formula is C24H37BrN2O2S. The van der Waals surface area contributed by atoms with Crippen molar-refractivity contribution in [3.8, 4) is 0 Å². The Hall–Kier alpha value is -1.24. The van der Waals surface area contributed by atoms with Crippen molar-refractivity contribution in [2.45, 2.75) is 82.6 Å². The summed E-state index contributed by atoms with van der Waals surface area (Å²) in [5.41, 5.74) is 1.08. The second-order valence-corrected chi connectivity index (χ2v) is 9.54. The Kier molecular flexibility index (Phi) is 13.9. The van der Waals surface area contributed by atoms with Gasteiger partial charge < -0.3 is 17.0 Å². The summed E-state index contributed by atoms with van der Waals surface area (Å²) >= 11 is 0. The van der Waals surface area contributed by atoms with Crippen molar-refractivity contribution < 1.29 is 30.0 Å². The van der Waals surface area contributed by atoms with E-state index in [0.717, 1.165) is 24.9 Å². The Morgan fingerprint density at radius 3 is 1.87 bits per heavy atom. The van der Waals surface area contributed by atoms with E-state index in [1.54, 1.807) is 12.1 Å². The number of rotatable bonds is 15. The zero-order valence-electron chi connectivity index (χ0n) is 18.2. The molecule has 0 spiro atoms. The van der Waals surface area contributed by atoms with Crippen LogP contribution in [-0.4, -0.2) is 15.0 Å². The summed E-state index contributed by atoms with van der Waals surface area (Å²) in [6.07, 6.45) is 16.5. The molecule has 2 aromatic rings. The molecule has 6 heteroatoms. The van der Waals surface area contributed by atoms with E-state index in [9.17, 15) is 8.42 Å². The molecule has 1 heterocycles. The van der Waals surface area contributed by atoms with E-state index >= 15 is 0 Å². The minimum atomic E-state index is -3.42. The summed E-state index contributed by atoms with van der Waals surface area (Å²) in [6, 6.07) is 13.1. The van der Waals surface area contributed by atoms with Crippen LogP contribution in [0.1, 0.15) is 76.7 Å². The van der Waals surface area contributed by atoms with Crippen molar-refractivity contribution in [3.05, 3.63) is 60.4 Å². The van der Waals surface area contributed by atoms with Gasteiger partial charge in [0.2, 0.25) is 10.0 Å². The summed E-state index contributed by atoms with van der Waals surface area (Å²) in [6.45, 7) is 3.49. The minimum Gasteiger partial charge on any atom is -1.00 e. The monoisotopic (exact) mass is 496 g/mol. The number of nitrogens with zero attached hydrogens (tertiary/aromatic N) is 1. The number of benzene rings is 1. The van der Waals surface area contributed by atoms with Crippen molar-refractivity contribution in [3.63, 3.8) is 0 Å². The van der Waals surface area contributed by atoms with Crippen molar-refractivity contribution >= 4 is 10.0 Å². The lowest BCUT2D eigenvalue weighted by Gasteiger charge is -2.07. The number of sulfonamides is 1. The maximum Gasteiger partial charge on any atom is 0.240 e. The molecule has 0 atom stereocenters. The van der Waals surface area contributed by atoms with Gasteiger partial charge in [0.05, 0.1) is 4.90 Å². The average Bonchev–Trinajstić information content (AvgIpc) is 2.73. The first-order valence-corrected chi connectivity index (χ1v) is 12.6. The van der Waals surface area contributed by atoms with E-state index < -0.39 is 10.0 Å².